The van der Waals surface area contributed by atoms with Crippen LogP contribution >= 0.6 is 0 Å². The number of ether oxygens (including phenoxy) is 1. The van der Waals surface area contributed by atoms with Gasteiger partial charge < -0.3 is 4.74 Å². The van der Waals surface area contributed by atoms with Crippen molar-refractivity contribution < 1.29 is 9.53 Å². The molecule has 1 heterocycles. The molecule has 0 bridgehead atoms. The van der Waals surface area contributed by atoms with Crippen molar-refractivity contribution in [1.82, 2.24) is 9.97 Å². The lowest BCUT2D eigenvalue weighted by atomic mass is 10.3. The fourth-order valence-electron chi connectivity index (χ4n) is 0.861. The number of carbonyl (C=O) groups is 1. The maximum absolute atomic E-state index is 11.0. The number of aromatic nitrogens is 2. The molecule has 4 nitrogen and oxygen atoms in total. The Morgan fingerprint density at radius 1 is 1.58 bits per heavy atom. The quantitative estimate of drug-likeness (QED) is 0.615. The zero-order valence-electron chi connectivity index (χ0n) is 7.29. The average Bonchev–Trinajstić information content (AvgIpc) is 2.04. The summed E-state index contributed by atoms with van der Waals surface area (Å²) in [6.45, 7) is 3.18. The van der Waals surface area contributed by atoms with Crippen molar-refractivity contribution in [2.45, 2.75) is 13.8 Å². The molecule has 0 N–H and O–H groups in total. The van der Waals surface area contributed by atoms with Gasteiger partial charge in [0.15, 0.2) is 17.2 Å². The molecular formula is C8H10N2O2. The summed E-state index contributed by atoms with van der Waals surface area (Å²) in [7, 11) is 1.49. The van der Waals surface area contributed by atoms with E-state index in [4.69, 9.17) is 4.74 Å². The van der Waals surface area contributed by atoms with Gasteiger partial charge in [0.1, 0.15) is 5.82 Å². The zero-order chi connectivity index (χ0) is 9.14. The SMILES string of the molecule is COc1cnc(C)nc1C(C)=O. The Hall–Kier alpha value is -1.45. The van der Waals surface area contributed by atoms with Gasteiger partial charge in [-0.3, -0.25) is 4.79 Å². The zero-order valence-corrected chi connectivity index (χ0v) is 7.29. The second-order valence-electron chi connectivity index (χ2n) is 2.39. The molecule has 0 aromatic carbocycles. The molecule has 1 aromatic heterocycles. The topological polar surface area (TPSA) is 52.1 Å². The third kappa shape index (κ3) is 1.58. The van der Waals surface area contributed by atoms with Gasteiger partial charge in [0, 0.05) is 6.92 Å². The van der Waals surface area contributed by atoms with Gasteiger partial charge in [-0.1, -0.05) is 0 Å². The first-order chi connectivity index (χ1) is 5.65. The predicted octanol–water partition coefficient (Wildman–Crippen LogP) is 0.996. The highest BCUT2D eigenvalue weighted by Gasteiger charge is 2.09. The number of methoxy groups -OCH3 is 1. The van der Waals surface area contributed by atoms with Crippen molar-refractivity contribution in [2.24, 2.45) is 0 Å². The number of Topliss-reactive ketones (excluding diaryl/α,β-unsaturated/α-hetero) is 1. The van der Waals surface area contributed by atoms with Gasteiger partial charge in [0.05, 0.1) is 13.3 Å². The fraction of sp³-hybridized carbons (Fsp3) is 0.375. The van der Waals surface area contributed by atoms with E-state index in [2.05, 4.69) is 9.97 Å². The Kier molecular flexibility index (Phi) is 2.38. The van der Waals surface area contributed by atoms with Gasteiger partial charge in [-0.05, 0) is 6.92 Å². The normalized spacial score (nSPS) is 9.58. The molecule has 0 aliphatic carbocycles. The summed E-state index contributed by atoms with van der Waals surface area (Å²) in [6.07, 6.45) is 1.50. The molecule has 0 saturated heterocycles. The Balaban J connectivity index is 3.21. The fourth-order valence-corrected chi connectivity index (χ4v) is 0.861. The molecule has 0 radical (unpaired) electrons. The van der Waals surface area contributed by atoms with Crippen LogP contribution in [0.15, 0.2) is 6.20 Å². The molecule has 12 heavy (non-hydrogen) atoms. The van der Waals surface area contributed by atoms with E-state index in [1.807, 2.05) is 0 Å². The van der Waals surface area contributed by atoms with Crippen molar-refractivity contribution in [2.75, 3.05) is 7.11 Å². The van der Waals surface area contributed by atoms with Crippen LogP contribution in [-0.4, -0.2) is 22.9 Å². The molecule has 1 rings (SSSR count). The highest BCUT2D eigenvalue weighted by atomic mass is 16.5. The predicted molar refractivity (Wildman–Crippen MR) is 43.3 cm³/mol. The molecule has 0 amide bonds. The Bertz CT molecular complexity index is 310. The highest BCUT2D eigenvalue weighted by molar-refractivity contribution is 5.94. The van der Waals surface area contributed by atoms with Gasteiger partial charge in [0.25, 0.3) is 0 Å². The molecule has 0 aliphatic rings. The second kappa shape index (κ2) is 3.30. The maximum Gasteiger partial charge on any atom is 0.182 e. The van der Waals surface area contributed by atoms with Gasteiger partial charge in [-0.25, -0.2) is 9.97 Å². The van der Waals surface area contributed by atoms with Crippen LogP contribution in [0.4, 0.5) is 0 Å². The summed E-state index contributed by atoms with van der Waals surface area (Å²) in [5.74, 6) is 0.881. The van der Waals surface area contributed by atoms with Crippen LogP contribution in [0, 0.1) is 6.92 Å². The third-order valence-electron chi connectivity index (χ3n) is 1.43. The van der Waals surface area contributed by atoms with E-state index in [-0.39, 0.29) is 5.78 Å². The van der Waals surface area contributed by atoms with E-state index >= 15 is 0 Å². The summed E-state index contributed by atoms with van der Waals surface area (Å²) < 4.78 is 4.92. The first-order valence-corrected chi connectivity index (χ1v) is 3.53. The number of aryl methyl sites for hydroxylation is 1. The number of ketones is 1. The molecule has 0 spiro atoms. The Morgan fingerprint density at radius 2 is 2.25 bits per heavy atom. The molecular weight excluding hydrogens is 156 g/mol. The number of nitrogens with zero attached hydrogens (tertiary/aromatic N) is 2. The lowest BCUT2D eigenvalue weighted by Gasteiger charge is -2.03. The monoisotopic (exact) mass is 166 g/mol. The van der Waals surface area contributed by atoms with E-state index in [0.717, 1.165) is 0 Å². The van der Waals surface area contributed by atoms with E-state index in [1.54, 1.807) is 6.92 Å². The van der Waals surface area contributed by atoms with Crippen molar-refractivity contribution in [3.05, 3.63) is 17.7 Å². The molecule has 0 fully saturated rings. The lowest BCUT2D eigenvalue weighted by Crippen LogP contribution is -2.03. The number of hydrogen-bond donors (Lipinski definition) is 0. The molecule has 0 aliphatic heterocycles. The van der Waals surface area contributed by atoms with Gasteiger partial charge in [0.2, 0.25) is 0 Å². The Morgan fingerprint density at radius 3 is 2.75 bits per heavy atom. The molecule has 0 unspecified atom stereocenters. The van der Waals surface area contributed by atoms with Crippen LogP contribution in [0.5, 0.6) is 5.75 Å². The van der Waals surface area contributed by atoms with Crippen LogP contribution in [0.2, 0.25) is 0 Å². The first kappa shape index (κ1) is 8.64. The van der Waals surface area contributed by atoms with Crippen molar-refractivity contribution in [3.63, 3.8) is 0 Å². The van der Waals surface area contributed by atoms with Crippen LogP contribution in [0.25, 0.3) is 0 Å². The summed E-state index contributed by atoms with van der Waals surface area (Å²) >= 11 is 0. The summed E-state index contributed by atoms with van der Waals surface area (Å²) in [5, 5.41) is 0. The van der Waals surface area contributed by atoms with Gasteiger partial charge >= 0.3 is 0 Å². The number of rotatable bonds is 2. The van der Waals surface area contributed by atoms with Crippen LogP contribution in [0.1, 0.15) is 23.2 Å². The van der Waals surface area contributed by atoms with E-state index in [1.165, 1.54) is 20.2 Å². The highest BCUT2D eigenvalue weighted by Crippen LogP contribution is 2.14. The molecule has 64 valence electrons. The third-order valence-corrected chi connectivity index (χ3v) is 1.43. The van der Waals surface area contributed by atoms with Crippen molar-refractivity contribution in [3.8, 4) is 5.75 Å². The maximum atomic E-state index is 11.0. The minimum absolute atomic E-state index is 0.114. The van der Waals surface area contributed by atoms with E-state index in [0.29, 0.717) is 17.3 Å². The van der Waals surface area contributed by atoms with Crippen molar-refractivity contribution >= 4 is 5.78 Å². The second-order valence-corrected chi connectivity index (χ2v) is 2.39. The number of carbonyl (C=O) groups excluding carboxylic acids is 1. The molecule has 0 saturated carbocycles. The van der Waals surface area contributed by atoms with Crippen molar-refractivity contribution in [1.29, 1.82) is 0 Å². The Labute approximate surface area is 70.6 Å². The van der Waals surface area contributed by atoms with Gasteiger partial charge in [-0.15, -0.1) is 0 Å². The van der Waals surface area contributed by atoms with Gasteiger partial charge in [-0.2, -0.15) is 0 Å². The van der Waals surface area contributed by atoms with E-state index < -0.39 is 0 Å². The smallest absolute Gasteiger partial charge is 0.182 e. The molecule has 0 atom stereocenters. The minimum atomic E-state index is -0.114. The lowest BCUT2D eigenvalue weighted by molar-refractivity contribution is 0.100. The largest absolute Gasteiger partial charge is 0.493 e. The first-order valence-electron chi connectivity index (χ1n) is 3.53. The minimum Gasteiger partial charge on any atom is -0.493 e. The summed E-state index contributed by atoms with van der Waals surface area (Å²) in [6, 6.07) is 0. The molecule has 1 aromatic rings. The summed E-state index contributed by atoms with van der Waals surface area (Å²) in [5.41, 5.74) is 0.338. The average molecular weight is 166 g/mol. The van der Waals surface area contributed by atoms with Crippen LogP contribution < -0.4 is 4.74 Å². The standard InChI is InChI=1S/C8H10N2O2/c1-5(11)8-7(12-3)4-9-6(2)10-8/h4H,1-3H3. The van der Waals surface area contributed by atoms with Crippen LogP contribution in [0.3, 0.4) is 0 Å². The van der Waals surface area contributed by atoms with Crippen LogP contribution in [-0.2, 0) is 0 Å². The molecule has 4 heteroatoms. The number of hydrogen-bond acceptors (Lipinski definition) is 4. The summed E-state index contributed by atoms with van der Waals surface area (Å²) in [4.78, 5) is 18.9. The van der Waals surface area contributed by atoms with E-state index in [9.17, 15) is 4.79 Å².